The summed E-state index contributed by atoms with van der Waals surface area (Å²) in [6, 6.07) is 7.14. The second-order valence-electron chi connectivity index (χ2n) is 7.20. The predicted molar refractivity (Wildman–Crippen MR) is 99.7 cm³/mol. The van der Waals surface area contributed by atoms with Crippen molar-refractivity contribution in [1.82, 2.24) is 9.80 Å². The van der Waals surface area contributed by atoms with E-state index in [-0.39, 0.29) is 11.8 Å². The first-order chi connectivity index (χ1) is 12.1. The summed E-state index contributed by atoms with van der Waals surface area (Å²) in [6.45, 7) is 2.41. The highest BCUT2D eigenvalue weighted by Crippen LogP contribution is 2.27. The molecule has 0 unspecified atom stereocenters. The van der Waals surface area contributed by atoms with Gasteiger partial charge in [-0.3, -0.25) is 9.59 Å². The first-order valence-corrected chi connectivity index (χ1v) is 9.84. The minimum Gasteiger partial charge on any atom is -0.339 e. The molecular formula is C20H27ClN2O2. The lowest BCUT2D eigenvalue weighted by Gasteiger charge is -2.35. The number of carbonyl (C=O) groups is 2. The third kappa shape index (κ3) is 4.75. The topological polar surface area (TPSA) is 40.6 Å². The Morgan fingerprint density at radius 1 is 0.960 bits per heavy atom. The maximum absolute atomic E-state index is 12.6. The summed E-state index contributed by atoms with van der Waals surface area (Å²) in [5.41, 5.74) is 0.543. The summed E-state index contributed by atoms with van der Waals surface area (Å²) in [6.07, 6.45) is 8.25. The lowest BCUT2D eigenvalue weighted by Crippen LogP contribution is -2.50. The summed E-state index contributed by atoms with van der Waals surface area (Å²) in [5.74, 6) is 0.941. The Kier molecular flexibility index (Phi) is 6.35. The molecule has 1 aliphatic heterocycles. The van der Waals surface area contributed by atoms with E-state index in [1.807, 2.05) is 17.0 Å². The van der Waals surface area contributed by atoms with E-state index in [2.05, 4.69) is 0 Å². The van der Waals surface area contributed by atoms with Gasteiger partial charge in [-0.15, -0.1) is 0 Å². The molecule has 4 nitrogen and oxygen atoms in total. The zero-order valence-electron chi connectivity index (χ0n) is 14.8. The lowest BCUT2D eigenvalue weighted by atomic mass is 9.86. The zero-order chi connectivity index (χ0) is 17.6. The van der Waals surface area contributed by atoms with Gasteiger partial charge in [0.05, 0.1) is 10.6 Å². The van der Waals surface area contributed by atoms with Gasteiger partial charge in [0.2, 0.25) is 5.91 Å². The van der Waals surface area contributed by atoms with Crippen LogP contribution in [0.3, 0.4) is 0 Å². The maximum atomic E-state index is 12.6. The van der Waals surface area contributed by atoms with Gasteiger partial charge in [-0.1, -0.05) is 55.8 Å². The Morgan fingerprint density at radius 3 is 2.28 bits per heavy atom. The Morgan fingerprint density at radius 2 is 1.60 bits per heavy atom. The molecule has 0 radical (unpaired) electrons. The van der Waals surface area contributed by atoms with E-state index < -0.39 is 0 Å². The summed E-state index contributed by atoms with van der Waals surface area (Å²) >= 11 is 6.12. The molecular weight excluding hydrogens is 336 g/mol. The summed E-state index contributed by atoms with van der Waals surface area (Å²) in [4.78, 5) is 28.7. The van der Waals surface area contributed by atoms with Gasteiger partial charge in [0.15, 0.2) is 0 Å². The molecule has 0 spiro atoms. The molecule has 1 saturated heterocycles. The first-order valence-electron chi connectivity index (χ1n) is 9.47. The van der Waals surface area contributed by atoms with Crippen LogP contribution in [0.2, 0.25) is 5.02 Å². The SMILES string of the molecule is O=C(CCC1CCCCC1)N1CCN(C(=O)c2ccccc2Cl)CC1. The molecule has 0 bridgehead atoms. The van der Waals surface area contributed by atoms with E-state index in [4.69, 9.17) is 11.6 Å². The molecule has 2 amide bonds. The number of nitrogens with zero attached hydrogens (tertiary/aromatic N) is 2. The predicted octanol–water partition coefficient (Wildman–Crippen LogP) is 3.98. The van der Waals surface area contributed by atoms with Crippen LogP contribution in [0, 0.1) is 5.92 Å². The molecule has 2 aliphatic rings. The van der Waals surface area contributed by atoms with Crippen LogP contribution in [0.15, 0.2) is 24.3 Å². The Bertz CT molecular complexity index is 605. The molecule has 3 rings (SSSR count). The van der Waals surface area contributed by atoms with Gasteiger partial charge in [0, 0.05) is 32.6 Å². The highest BCUT2D eigenvalue weighted by Gasteiger charge is 2.26. The van der Waals surface area contributed by atoms with Gasteiger partial charge >= 0.3 is 0 Å². The van der Waals surface area contributed by atoms with Gasteiger partial charge in [-0.05, 0) is 24.5 Å². The molecule has 0 atom stereocenters. The molecule has 1 aromatic carbocycles. The summed E-state index contributed by atoms with van der Waals surface area (Å²) in [7, 11) is 0. The van der Waals surface area contributed by atoms with Crippen molar-refractivity contribution in [2.24, 2.45) is 5.92 Å². The van der Waals surface area contributed by atoms with Gasteiger partial charge in [-0.25, -0.2) is 0 Å². The lowest BCUT2D eigenvalue weighted by molar-refractivity contribution is -0.133. The van der Waals surface area contributed by atoms with E-state index in [1.54, 1.807) is 17.0 Å². The molecule has 0 N–H and O–H groups in total. The monoisotopic (exact) mass is 362 g/mol. The van der Waals surface area contributed by atoms with Crippen LogP contribution in [0.5, 0.6) is 0 Å². The van der Waals surface area contributed by atoms with E-state index in [9.17, 15) is 9.59 Å². The molecule has 2 fully saturated rings. The number of piperazine rings is 1. The van der Waals surface area contributed by atoms with Crippen molar-refractivity contribution in [3.63, 3.8) is 0 Å². The number of rotatable bonds is 4. The smallest absolute Gasteiger partial charge is 0.255 e. The van der Waals surface area contributed by atoms with Gasteiger partial charge < -0.3 is 9.80 Å². The fourth-order valence-electron chi connectivity index (χ4n) is 3.93. The second-order valence-corrected chi connectivity index (χ2v) is 7.60. The van der Waals surface area contributed by atoms with Crippen LogP contribution in [0.4, 0.5) is 0 Å². The maximum Gasteiger partial charge on any atom is 0.255 e. The van der Waals surface area contributed by atoms with Crippen molar-refractivity contribution in [1.29, 1.82) is 0 Å². The van der Waals surface area contributed by atoms with E-state index in [1.165, 1.54) is 32.1 Å². The zero-order valence-corrected chi connectivity index (χ0v) is 15.5. The summed E-state index contributed by atoms with van der Waals surface area (Å²) in [5, 5.41) is 0.485. The van der Waals surface area contributed by atoms with Gasteiger partial charge in [0.25, 0.3) is 5.91 Å². The second kappa shape index (κ2) is 8.70. The van der Waals surface area contributed by atoms with Crippen LogP contribution in [0.25, 0.3) is 0 Å². The normalized spacial score (nSPS) is 19.1. The van der Waals surface area contributed by atoms with Crippen LogP contribution in [-0.4, -0.2) is 47.8 Å². The Balaban J connectivity index is 1.45. The largest absolute Gasteiger partial charge is 0.339 e. The molecule has 5 heteroatoms. The molecule has 1 heterocycles. The molecule has 1 saturated carbocycles. The fraction of sp³-hybridized carbons (Fsp3) is 0.600. The van der Waals surface area contributed by atoms with Crippen LogP contribution in [-0.2, 0) is 4.79 Å². The first kappa shape index (κ1) is 18.2. The minimum absolute atomic E-state index is 0.0418. The van der Waals surface area contributed by atoms with Crippen molar-refractivity contribution in [3.8, 4) is 0 Å². The van der Waals surface area contributed by atoms with Crippen molar-refractivity contribution in [2.45, 2.75) is 44.9 Å². The summed E-state index contributed by atoms with van der Waals surface area (Å²) < 4.78 is 0. The van der Waals surface area contributed by atoms with Gasteiger partial charge in [0.1, 0.15) is 0 Å². The highest BCUT2D eigenvalue weighted by molar-refractivity contribution is 6.33. The van der Waals surface area contributed by atoms with Crippen LogP contribution < -0.4 is 0 Å². The Hall–Kier alpha value is -1.55. The van der Waals surface area contributed by atoms with Crippen molar-refractivity contribution < 1.29 is 9.59 Å². The molecule has 1 aromatic rings. The Labute approximate surface area is 155 Å². The van der Waals surface area contributed by atoms with Crippen LogP contribution >= 0.6 is 11.6 Å². The molecule has 0 aromatic heterocycles. The van der Waals surface area contributed by atoms with Gasteiger partial charge in [-0.2, -0.15) is 0 Å². The number of benzene rings is 1. The number of hydrogen-bond acceptors (Lipinski definition) is 2. The molecule has 136 valence electrons. The quantitative estimate of drug-likeness (QED) is 0.812. The molecule has 1 aliphatic carbocycles. The number of amides is 2. The van der Waals surface area contributed by atoms with E-state index in [0.717, 1.165) is 12.3 Å². The third-order valence-electron chi connectivity index (χ3n) is 5.52. The minimum atomic E-state index is -0.0418. The number of hydrogen-bond donors (Lipinski definition) is 0. The number of halogens is 1. The van der Waals surface area contributed by atoms with Crippen molar-refractivity contribution in [3.05, 3.63) is 34.9 Å². The van der Waals surface area contributed by atoms with E-state index in [0.29, 0.717) is 43.2 Å². The third-order valence-corrected chi connectivity index (χ3v) is 5.84. The van der Waals surface area contributed by atoms with E-state index >= 15 is 0 Å². The molecule has 25 heavy (non-hydrogen) atoms. The fourth-order valence-corrected chi connectivity index (χ4v) is 4.14. The average molecular weight is 363 g/mol. The van der Waals surface area contributed by atoms with Crippen molar-refractivity contribution >= 4 is 23.4 Å². The van der Waals surface area contributed by atoms with Crippen LogP contribution in [0.1, 0.15) is 55.3 Å². The highest BCUT2D eigenvalue weighted by atomic mass is 35.5. The van der Waals surface area contributed by atoms with Crippen molar-refractivity contribution in [2.75, 3.05) is 26.2 Å². The average Bonchev–Trinajstić information content (AvgIpc) is 2.67. The standard InChI is InChI=1S/C20H27ClN2O2/c21-18-9-5-4-8-17(18)20(25)23-14-12-22(13-15-23)19(24)11-10-16-6-2-1-3-7-16/h4-5,8-9,16H,1-3,6-7,10-15H2. The number of carbonyl (C=O) groups excluding carboxylic acids is 2.